The maximum absolute atomic E-state index is 13.1. The lowest BCUT2D eigenvalue weighted by Crippen LogP contribution is -2.49. The molecule has 1 heterocycles. The van der Waals surface area contributed by atoms with Crippen molar-refractivity contribution < 1.29 is 23.9 Å². The largest absolute Gasteiger partial charge is 0.454 e. The van der Waals surface area contributed by atoms with Gasteiger partial charge in [-0.15, -0.1) is 0 Å². The fourth-order valence-corrected chi connectivity index (χ4v) is 4.73. The third kappa shape index (κ3) is 5.03. The molecule has 0 aromatic heterocycles. The Balaban J connectivity index is 1.80. The molecule has 0 saturated carbocycles. The van der Waals surface area contributed by atoms with Gasteiger partial charge in [-0.3, -0.25) is 19.3 Å². The highest BCUT2D eigenvalue weighted by Gasteiger charge is 2.48. The molecule has 1 atom stereocenters. The van der Waals surface area contributed by atoms with E-state index >= 15 is 0 Å². The van der Waals surface area contributed by atoms with Crippen LogP contribution in [0.2, 0.25) is 25.1 Å². The first-order chi connectivity index (χ1) is 15.9. The van der Waals surface area contributed by atoms with E-state index in [0.717, 1.165) is 0 Å². The number of rotatable bonds is 6. The van der Waals surface area contributed by atoms with Gasteiger partial charge in [-0.1, -0.05) is 71.9 Å². The number of ether oxygens (including phenoxy) is 1. The Kier molecular flexibility index (Phi) is 8.43. The Hall–Kier alpha value is -1.55. The van der Waals surface area contributed by atoms with E-state index in [0.29, 0.717) is 20.1 Å². The number of amides is 3. The number of esters is 1. The first kappa shape index (κ1) is 27.0. The predicted molar refractivity (Wildman–Crippen MR) is 134 cm³/mol. The lowest BCUT2D eigenvalue weighted by molar-refractivity contribution is -0.152. The number of anilines is 1. The van der Waals surface area contributed by atoms with Crippen LogP contribution in [0.15, 0.2) is 22.7 Å². The Morgan fingerprint density at radius 2 is 1.50 bits per heavy atom. The van der Waals surface area contributed by atoms with E-state index in [2.05, 4.69) is 21.2 Å². The van der Waals surface area contributed by atoms with Crippen LogP contribution in [0.1, 0.15) is 34.6 Å². The standard InChI is InChI=1S/C21H14BrCl5N2O5/c1-7(2)18(21(33)34-6-11(30)28-8-3-4-9(22)10(23)5-8)29-19(31)12-13(20(29)32)15(25)17(27)16(26)14(12)24/h3-5,7,18H,6H2,1-2H3,(H,28,30)/t18-/m0/s1. The van der Waals surface area contributed by atoms with Crippen molar-refractivity contribution in [1.29, 1.82) is 0 Å². The molecule has 0 radical (unpaired) electrons. The molecule has 1 N–H and O–H groups in total. The molecule has 7 nitrogen and oxygen atoms in total. The number of carbonyl (C=O) groups is 4. The average Bonchev–Trinajstić information content (AvgIpc) is 3.02. The van der Waals surface area contributed by atoms with E-state index < -0.39 is 42.3 Å². The van der Waals surface area contributed by atoms with Crippen molar-refractivity contribution in [3.63, 3.8) is 0 Å². The third-order valence-corrected chi connectivity index (χ3v) is 7.87. The van der Waals surface area contributed by atoms with Crippen LogP contribution in [-0.2, 0) is 14.3 Å². The maximum Gasteiger partial charge on any atom is 0.330 e. The summed E-state index contributed by atoms with van der Waals surface area (Å²) in [5, 5.41) is 2.01. The van der Waals surface area contributed by atoms with E-state index in [1.165, 1.54) is 6.07 Å². The van der Waals surface area contributed by atoms with Crippen LogP contribution in [0, 0.1) is 5.92 Å². The summed E-state index contributed by atoms with van der Waals surface area (Å²) in [5.41, 5.74) is -0.128. The van der Waals surface area contributed by atoms with Crippen LogP contribution in [0.4, 0.5) is 5.69 Å². The Bertz CT molecular complexity index is 1190. The molecule has 0 saturated heterocycles. The van der Waals surface area contributed by atoms with Gasteiger partial charge in [0.2, 0.25) is 0 Å². The van der Waals surface area contributed by atoms with Gasteiger partial charge in [0.1, 0.15) is 6.04 Å². The molecular weight excluding hydrogens is 617 g/mol. The first-order valence-corrected chi connectivity index (χ1v) is 12.2. The zero-order valence-corrected chi connectivity index (χ0v) is 22.7. The van der Waals surface area contributed by atoms with Crippen LogP contribution in [0.25, 0.3) is 0 Å². The van der Waals surface area contributed by atoms with E-state index in [1.54, 1.807) is 26.0 Å². The summed E-state index contributed by atoms with van der Waals surface area (Å²) in [6.45, 7) is 2.53. The van der Waals surface area contributed by atoms with Gasteiger partial charge in [-0.05, 0) is 40.0 Å². The monoisotopic (exact) mass is 628 g/mol. The van der Waals surface area contributed by atoms with Crippen LogP contribution in [0.3, 0.4) is 0 Å². The maximum atomic E-state index is 13.1. The highest BCUT2D eigenvalue weighted by molar-refractivity contribution is 9.10. The number of imide groups is 1. The molecule has 180 valence electrons. The van der Waals surface area contributed by atoms with Crippen molar-refractivity contribution in [2.24, 2.45) is 5.92 Å². The van der Waals surface area contributed by atoms with Crippen LogP contribution in [-0.4, -0.2) is 41.2 Å². The van der Waals surface area contributed by atoms with Crippen molar-refractivity contribution in [2.75, 3.05) is 11.9 Å². The number of nitrogens with one attached hydrogen (secondary N) is 1. The van der Waals surface area contributed by atoms with Gasteiger partial charge >= 0.3 is 5.97 Å². The highest BCUT2D eigenvalue weighted by atomic mass is 79.9. The van der Waals surface area contributed by atoms with Crippen molar-refractivity contribution in [3.05, 3.63) is 58.9 Å². The number of nitrogens with zero attached hydrogens (tertiary/aromatic N) is 1. The smallest absolute Gasteiger partial charge is 0.330 e. The molecule has 0 unspecified atom stereocenters. The SMILES string of the molecule is CC(C)[C@@H](C(=O)OCC(=O)Nc1ccc(Br)c(Cl)c1)N1C(=O)c2c(Cl)c(Cl)c(Cl)c(Cl)c2C1=O. The summed E-state index contributed by atoms with van der Waals surface area (Å²) in [5.74, 6) is -3.96. The van der Waals surface area contributed by atoms with E-state index in [1.807, 2.05) is 0 Å². The molecule has 3 rings (SSSR count). The molecule has 0 fully saturated rings. The summed E-state index contributed by atoms with van der Waals surface area (Å²) in [7, 11) is 0. The van der Waals surface area contributed by atoms with Gasteiger partial charge in [0.25, 0.3) is 17.7 Å². The molecule has 1 aliphatic rings. The van der Waals surface area contributed by atoms with Gasteiger partial charge in [0.15, 0.2) is 6.61 Å². The zero-order valence-electron chi connectivity index (χ0n) is 17.4. The Labute approximate surface area is 227 Å². The fraction of sp³-hybridized carbons (Fsp3) is 0.238. The molecule has 2 aromatic rings. The van der Waals surface area contributed by atoms with Gasteiger partial charge in [-0.2, -0.15) is 0 Å². The molecule has 34 heavy (non-hydrogen) atoms. The summed E-state index contributed by atoms with van der Waals surface area (Å²) >= 11 is 33.6. The number of hydrogen-bond acceptors (Lipinski definition) is 5. The fourth-order valence-electron chi connectivity index (χ4n) is 3.29. The molecule has 3 amide bonds. The Morgan fingerprint density at radius 1 is 0.971 bits per heavy atom. The Morgan fingerprint density at radius 3 is 1.97 bits per heavy atom. The van der Waals surface area contributed by atoms with Crippen molar-refractivity contribution in [2.45, 2.75) is 19.9 Å². The molecular formula is C21H14BrCl5N2O5. The molecule has 0 spiro atoms. The van der Waals surface area contributed by atoms with Crippen molar-refractivity contribution >= 4 is 103 Å². The number of carbonyl (C=O) groups excluding carboxylic acids is 4. The summed E-state index contributed by atoms with van der Waals surface area (Å²) < 4.78 is 5.75. The number of fused-ring (bicyclic) bond motifs is 1. The topological polar surface area (TPSA) is 92.8 Å². The summed E-state index contributed by atoms with van der Waals surface area (Å²) in [6.07, 6.45) is 0. The minimum atomic E-state index is -1.37. The number of halogens is 6. The minimum Gasteiger partial charge on any atom is -0.454 e. The molecule has 0 aliphatic carbocycles. The van der Waals surface area contributed by atoms with E-state index in [-0.39, 0.29) is 31.2 Å². The summed E-state index contributed by atoms with van der Waals surface area (Å²) in [4.78, 5) is 52.0. The van der Waals surface area contributed by atoms with Crippen LogP contribution >= 0.6 is 73.9 Å². The van der Waals surface area contributed by atoms with E-state index in [4.69, 9.17) is 62.7 Å². The predicted octanol–water partition coefficient (Wildman–Crippen LogP) is 6.52. The second-order valence-corrected chi connectivity index (χ2v) is 10.2. The highest BCUT2D eigenvalue weighted by Crippen LogP contribution is 2.45. The third-order valence-electron chi connectivity index (χ3n) is 4.83. The van der Waals surface area contributed by atoms with E-state index in [9.17, 15) is 19.2 Å². The van der Waals surface area contributed by atoms with Gasteiger partial charge in [0.05, 0.1) is 36.2 Å². The van der Waals surface area contributed by atoms with Crippen molar-refractivity contribution in [1.82, 2.24) is 4.90 Å². The molecule has 2 aromatic carbocycles. The lowest BCUT2D eigenvalue weighted by Gasteiger charge is -2.27. The second kappa shape index (κ2) is 10.6. The molecule has 0 bridgehead atoms. The van der Waals surface area contributed by atoms with Gasteiger partial charge < -0.3 is 10.1 Å². The van der Waals surface area contributed by atoms with Crippen LogP contribution < -0.4 is 5.32 Å². The van der Waals surface area contributed by atoms with Crippen molar-refractivity contribution in [3.8, 4) is 0 Å². The lowest BCUT2D eigenvalue weighted by atomic mass is 10.0. The van der Waals surface area contributed by atoms with Crippen LogP contribution in [0.5, 0.6) is 0 Å². The molecule has 1 aliphatic heterocycles. The first-order valence-electron chi connectivity index (χ1n) is 9.52. The van der Waals surface area contributed by atoms with Gasteiger partial charge in [-0.25, -0.2) is 4.79 Å². The second-order valence-electron chi connectivity index (χ2n) is 7.46. The quantitative estimate of drug-likeness (QED) is 0.170. The van der Waals surface area contributed by atoms with Gasteiger partial charge in [0, 0.05) is 10.2 Å². The minimum absolute atomic E-state index is 0.191. The number of hydrogen-bond donors (Lipinski definition) is 1. The zero-order chi connectivity index (χ0) is 25.5. The molecule has 13 heteroatoms. The number of benzene rings is 2. The average molecular weight is 632 g/mol. The summed E-state index contributed by atoms with van der Waals surface area (Å²) in [6, 6.07) is 3.36. The normalized spacial score (nSPS) is 13.9.